The summed E-state index contributed by atoms with van der Waals surface area (Å²) in [5.74, 6) is -0.625. The zero-order valence-electron chi connectivity index (χ0n) is 15.6. The van der Waals surface area contributed by atoms with Gasteiger partial charge in [-0.25, -0.2) is 4.39 Å². The summed E-state index contributed by atoms with van der Waals surface area (Å²) in [5.41, 5.74) is 2.50. The minimum absolute atomic E-state index is 0.0804. The van der Waals surface area contributed by atoms with Gasteiger partial charge < -0.3 is 4.90 Å². The molecular formula is C24H22FNO2. The van der Waals surface area contributed by atoms with Crippen LogP contribution in [0.3, 0.4) is 0 Å². The molecule has 0 aliphatic heterocycles. The van der Waals surface area contributed by atoms with Crippen molar-refractivity contribution in [2.24, 2.45) is 0 Å². The fourth-order valence-corrected chi connectivity index (χ4v) is 3.00. The molecule has 0 spiro atoms. The molecule has 3 nitrogen and oxygen atoms in total. The van der Waals surface area contributed by atoms with Gasteiger partial charge >= 0.3 is 0 Å². The Morgan fingerprint density at radius 2 is 1.18 bits per heavy atom. The zero-order chi connectivity index (χ0) is 19.8. The van der Waals surface area contributed by atoms with Crippen LogP contribution in [-0.2, 0) is 17.9 Å². The molecule has 0 aliphatic rings. The first kappa shape index (κ1) is 19.5. The van der Waals surface area contributed by atoms with E-state index >= 15 is 0 Å². The quantitative estimate of drug-likeness (QED) is 0.519. The smallest absolute Gasteiger partial charge is 0.223 e. The number of carbonyl (C=O) groups excluding carboxylic acids is 2. The summed E-state index contributed by atoms with van der Waals surface area (Å²) in [7, 11) is 0. The van der Waals surface area contributed by atoms with E-state index in [2.05, 4.69) is 0 Å². The second kappa shape index (κ2) is 9.60. The third kappa shape index (κ3) is 5.61. The largest absolute Gasteiger partial charge is 0.334 e. The molecule has 3 aromatic carbocycles. The van der Waals surface area contributed by atoms with Gasteiger partial charge in [-0.05, 0) is 35.4 Å². The van der Waals surface area contributed by atoms with Crippen molar-refractivity contribution < 1.29 is 14.0 Å². The van der Waals surface area contributed by atoms with E-state index in [0.29, 0.717) is 18.7 Å². The topological polar surface area (TPSA) is 37.4 Å². The molecular weight excluding hydrogens is 353 g/mol. The van der Waals surface area contributed by atoms with Crippen LogP contribution in [0.25, 0.3) is 0 Å². The first-order valence-electron chi connectivity index (χ1n) is 9.26. The van der Waals surface area contributed by atoms with E-state index in [1.165, 1.54) is 24.3 Å². The number of Topliss-reactive ketones (excluding diaryl/α,β-unsaturated/α-hetero) is 1. The molecule has 0 unspecified atom stereocenters. The summed E-state index contributed by atoms with van der Waals surface area (Å²) in [6, 6.07) is 25.0. The molecule has 1 amide bonds. The zero-order valence-corrected chi connectivity index (χ0v) is 15.6. The number of hydrogen-bond donors (Lipinski definition) is 0. The number of benzene rings is 3. The highest BCUT2D eigenvalue weighted by Crippen LogP contribution is 2.14. The molecule has 0 saturated heterocycles. The van der Waals surface area contributed by atoms with Crippen LogP contribution in [-0.4, -0.2) is 16.6 Å². The van der Waals surface area contributed by atoms with Crippen molar-refractivity contribution in [1.29, 1.82) is 0 Å². The summed E-state index contributed by atoms with van der Waals surface area (Å²) < 4.78 is 13.0. The average Bonchev–Trinajstić information content (AvgIpc) is 2.73. The van der Waals surface area contributed by atoms with Gasteiger partial charge in [-0.3, -0.25) is 9.59 Å². The van der Waals surface area contributed by atoms with Crippen LogP contribution in [0, 0.1) is 5.82 Å². The van der Waals surface area contributed by atoms with Crippen LogP contribution < -0.4 is 0 Å². The Morgan fingerprint density at radius 1 is 0.679 bits per heavy atom. The van der Waals surface area contributed by atoms with Crippen LogP contribution in [0.4, 0.5) is 4.39 Å². The highest BCUT2D eigenvalue weighted by atomic mass is 19.1. The number of nitrogens with zero attached hydrogens (tertiary/aromatic N) is 1. The fraction of sp³-hybridized carbons (Fsp3) is 0.167. The molecule has 3 rings (SSSR count). The number of halogens is 1. The van der Waals surface area contributed by atoms with Crippen LogP contribution in [0.5, 0.6) is 0 Å². The Bertz CT molecular complexity index is 867. The van der Waals surface area contributed by atoms with Crippen LogP contribution in [0.1, 0.15) is 34.3 Å². The van der Waals surface area contributed by atoms with Gasteiger partial charge in [-0.15, -0.1) is 0 Å². The first-order valence-corrected chi connectivity index (χ1v) is 9.26. The molecule has 142 valence electrons. The predicted molar refractivity (Wildman–Crippen MR) is 107 cm³/mol. The van der Waals surface area contributed by atoms with Crippen LogP contribution in [0.2, 0.25) is 0 Å². The van der Waals surface area contributed by atoms with Crippen LogP contribution in [0.15, 0.2) is 84.9 Å². The summed E-state index contributed by atoms with van der Waals surface area (Å²) in [5, 5.41) is 0. The summed E-state index contributed by atoms with van der Waals surface area (Å²) in [4.78, 5) is 26.9. The van der Waals surface area contributed by atoms with Crippen molar-refractivity contribution in [1.82, 2.24) is 4.90 Å². The number of amides is 1. The fourth-order valence-electron chi connectivity index (χ4n) is 3.00. The second-order valence-corrected chi connectivity index (χ2v) is 6.65. The third-order valence-electron chi connectivity index (χ3n) is 4.52. The molecule has 0 bridgehead atoms. The van der Waals surface area contributed by atoms with Gasteiger partial charge in [0.25, 0.3) is 0 Å². The Labute approximate surface area is 164 Å². The van der Waals surface area contributed by atoms with Crippen molar-refractivity contribution in [2.45, 2.75) is 25.9 Å². The SMILES string of the molecule is O=C(CCC(=O)N(Cc1ccccc1)Cc1ccccc1)c1ccc(F)cc1. The van der Waals surface area contributed by atoms with Gasteiger partial charge in [0.05, 0.1) is 0 Å². The molecule has 0 aromatic heterocycles. The molecule has 28 heavy (non-hydrogen) atoms. The number of hydrogen-bond acceptors (Lipinski definition) is 2. The van der Waals surface area contributed by atoms with Gasteiger partial charge in [0.2, 0.25) is 5.91 Å². The maximum Gasteiger partial charge on any atom is 0.223 e. The van der Waals surface area contributed by atoms with E-state index in [4.69, 9.17) is 0 Å². The molecule has 0 N–H and O–H groups in total. The lowest BCUT2D eigenvalue weighted by atomic mass is 10.1. The maximum absolute atomic E-state index is 13.0. The van der Waals surface area contributed by atoms with E-state index < -0.39 is 0 Å². The molecule has 0 heterocycles. The standard InChI is InChI=1S/C24H22FNO2/c25-22-13-11-21(12-14-22)23(27)15-16-24(28)26(17-19-7-3-1-4-8-19)18-20-9-5-2-6-10-20/h1-14H,15-18H2. The van der Waals surface area contributed by atoms with E-state index in [-0.39, 0.29) is 30.3 Å². The van der Waals surface area contributed by atoms with E-state index in [0.717, 1.165) is 11.1 Å². The minimum atomic E-state index is -0.385. The summed E-state index contributed by atoms with van der Waals surface area (Å²) in [6.45, 7) is 0.971. The number of carbonyl (C=O) groups is 2. The Morgan fingerprint density at radius 3 is 1.68 bits per heavy atom. The van der Waals surface area contributed by atoms with Crippen molar-refractivity contribution >= 4 is 11.7 Å². The molecule has 0 radical (unpaired) electrons. The second-order valence-electron chi connectivity index (χ2n) is 6.65. The van der Waals surface area contributed by atoms with Gasteiger partial charge in [0.1, 0.15) is 5.82 Å². The number of ketones is 1. The predicted octanol–water partition coefficient (Wildman–Crippen LogP) is 5.02. The monoisotopic (exact) mass is 375 g/mol. The average molecular weight is 375 g/mol. The van der Waals surface area contributed by atoms with E-state index in [1.807, 2.05) is 60.7 Å². The number of rotatable bonds is 8. The first-order chi connectivity index (χ1) is 13.6. The highest BCUT2D eigenvalue weighted by Gasteiger charge is 2.17. The molecule has 0 saturated carbocycles. The van der Waals surface area contributed by atoms with Gasteiger partial charge in [-0.2, -0.15) is 0 Å². The Hall–Kier alpha value is -3.27. The van der Waals surface area contributed by atoms with Crippen molar-refractivity contribution in [3.8, 4) is 0 Å². The van der Waals surface area contributed by atoms with Crippen molar-refractivity contribution in [3.63, 3.8) is 0 Å². The molecule has 4 heteroatoms. The highest BCUT2D eigenvalue weighted by molar-refractivity contribution is 5.97. The molecule has 0 fully saturated rings. The van der Waals surface area contributed by atoms with E-state index in [1.54, 1.807) is 4.90 Å². The van der Waals surface area contributed by atoms with Gasteiger partial charge in [0.15, 0.2) is 5.78 Å². The Kier molecular flexibility index (Phi) is 6.68. The summed E-state index contributed by atoms with van der Waals surface area (Å²) in [6.07, 6.45) is 0.223. The lowest BCUT2D eigenvalue weighted by molar-refractivity contribution is -0.132. The normalized spacial score (nSPS) is 10.5. The summed E-state index contributed by atoms with van der Waals surface area (Å²) >= 11 is 0. The molecule has 0 aliphatic carbocycles. The van der Waals surface area contributed by atoms with Gasteiger partial charge in [0, 0.05) is 31.5 Å². The molecule has 3 aromatic rings. The lowest BCUT2D eigenvalue weighted by Crippen LogP contribution is -2.30. The molecule has 0 atom stereocenters. The Balaban J connectivity index is 1.66. The van der Waals surface area contributed by atoms with E-state index in [9.17, 15) is 14.0 Å². The maximum atomic E-state index is 13.0. The van der Waals surface area contributed by atoms with Crippen molar-refractivity contribution in [3.05, 3.63) is 107 Å². The van der Waals surface area contributed by atoms with Crippen molar-refractivity contribution in [2.75, 3.05) is 0 Å². The minimum Gasteiger partial charge on any atom is -0.334 e. The third-order valence-corrected chi connectivity index (χ3v) is 4.52. The lowest BCUT2D eigenvalue weighted by Gasteiger charge is -2.23. The van der Waals surface area contributed by atoms with Crippen LogP contribution >= 0.6 is 0 Å². The van der Waals surface area contributed by atoms with Gasteiger partial charge in [-0.1, -0.05) is 60.7 Å².